The Labute approximate surface area is 122 Å². The summed E-state index contributed by atoms with van der Waals surface area (Å²) in [4.78, 5) is 11.4. The molecule has 3 rings (SSSR count). The van der Waals surface area contributed by atoms with Crippen LogP contribution < -0.4 is 0 Å². The van der Waals surface area contributed by atoms with Crippen molar-refractivity contribution in [3.8, 4) is 11.1 Å². The van der Waals surface area contributed by atoms with E-state index < -0.39 is 0 Å². The molecule has 0 atom stereocenters. The maximum Gasteiger partial charge on any atom is 0.161 e. The van der Waals surface area contributed by atoms with Crippen molar-refractivity contribution in [3.05, 3.63) is 71.2 Å². The molecule has 0 bridgehead atoms. The summed E-state index contributed by atoms with van der Waals surface area (Å²) in [6.07, 6.45) is 0. The smallest absolute Gasteiger partial charge is 0.161 e. The van der Waals surface area contributed by atoms with Gasteiger partial charge in [-0.1, -0.05) is 54.1 Å². The van der Waals surface area contributed by atoms with Gasteiger partial charge in [-0.3, -0.25) is 4.79 Å². The van der Waals surface area contributed by atoms with Crippen LogP contribution in [0.2, 0.25) is 5.02 Å². The van der Waals surface area contributed by atoms with Gasteiger partial charge in [-0.05, 0) is 47.0 Å². The Bertz CT molecular complexity index is 805. The predicted octanol–water partition coefficient (Wildman–Crippen LogP) is 5.36. The van der Waals surface area contributed by atoms with Crippen molar-refractivity contribution in [1.82, 2.24) is 0 Å². The number of Topliss-reactive ketones (excluding diaryl/α,β-unsaturated/α-hetero) is 1. The first-order chi connectivity index (χ1) is 9.65. The van der Waals surface area contributed by atoms with E-state index >= 15 is 0 Å². The monoisotopic (exact) mass is 280 g/mol. The van der Waals surface area contributed by atoms with Crippen LogP contribution in [0.3, 0.4) is 0 Å². The van der Waals surface area contributed by atoms with E-state index in [2.05, 4.69) is 30.3 Å². The fourth-order valence-electron chi connectivity index (χ4n) is 2.35. The van der Waals surface area contributed by atoms with E-state index in [0.717, 1.165) is 11.1 Å². The van der Waals surface area contributed by atoms with E-state index in [1.807, 2.05) is 24.3 Å². The quantitative estimate of drug-likeness (QED) is 0.577. The molecule has 0 unspecified atom stereocenters. The number of carbonyl (C=O) groups is 1. The van der Waals surface area contributed by atoms with Crippen molar-refractivity contribution >= 4 is 28.2 Å². The Kier molecular flexibility index (Phi) is 3.29. The number of hydrogen-bond donors (Lipinski definition) is 0. The second-order valence-corrected chi connectivity index (χ2v) is 5.22. The largest absolute Gasteiger partial charge is 0.294 e. The third kappa shape index (κ3) is 2.33. The van der Waals surface area contributed by atoms with E-state index in [1.165, 1.54) is 17.7 Å². The van der Waals surface area contributed by atoms with Crippen molar-refractivity contribution in [1.29, 1.82) is 0 Å². The third-order valence-corrected chi connectivity index (χ3v) is 3.74. The highest BCUT2D eigenvalue weighted by Gasteiger charge is 2.07. The molecule has 0 saturated carbocycles. The molecule has 98 valence electrons. The standard InChI is InChI=1S/C18H13ClO/c1-12(20)17-9-8-16(11-18(17)19)15-7-6-13-4-2-3-5-14(13)10-15/h2-11H,1H3. The second kappa shape index (κ2) is 5.10. The average molecular weight is 281 g/mol. The normalized spacial score (nSPS) is 10.7. The summed E-state index contributed by atoms with van der Waals surface area (Å²) in [6.45, 7) is 1.52. The van der Waals surface area contributed by atoms with Crippen LogP contribution in [0, 0.1) is 0 Å². The molecule has 3 aromatic rings. The molecular weight excluding hydrogens is 268 g/mol. The van der Waals surface area contributed by atoms with Gasteiger partial charge in [0, 0.05) is 5.56 Å². The van der Waals surface area contributed by atoms with Crippen molar-refractivity contribution in [2.24, 2.45) is 0 Å². The minimum absolute atomic E-state index is 0.0138. The van der Waals surface area contributed by atoms with Crippen LogP contribution in [-0.4, -0.2) is 5.78 Å². The highest BCUT2D eigenvalue weighted by molar-refractivity contribution is 6.34. The molecular formula is C18H13ClO. The van der Waals surface area contributed by atoms with Crippen molar-refractivity contribution in [2.45, 2.75) is 6.92 Å². The number of halogens is 1. The molecule has 0 spiro atoms. The molecule has 0 aliphatic carbocycles. The van der Waals surface area contributed by atoms with Gasteiger partial charge >= 0.3 is 0 Å². The number of benzene rings is 3. The van der Waals surface area contributed by atoms with Crippen LogP contribution in [0.1, 0.15) is 17.3 Å². The lowest BCUT2D eigenvalue weighted by atomic mass is 9.99. The van der Waals surface area contributed by atoms with E-state index in [1.54, 1.807) is 6.07 Å². The van der Waals surface area contributed by atoms with Crippen LogP contribution in [0.4, 0.5) is 0 Å². The topological polar surface area (TPSA) is 17.1 Å². The Morgan fingerprint density at radius 3 is 2.20 bits per heavy atom. The Morgan fingerprint density at radius 1 is 0.850 bits per heavy atom. The number of rotatable bonds is 2. The molecule has 0 fully saturated rings. The molecule has 1 nitrogen and oxygen atoms in total. The summed E-state index contributed by atoms with van der Waals surface area (Å²) in [7, 11) is 0. The van der Waals surface area contributed by atoms with Crippen LogP contribution in [-0.2, 0) is 0 Å². The lowest BCUT2D eigenvalue weighted by molar-refractivity contribution is 0.101. The number of ketones is 1. The van der Waals surface area contributed by atoms with E-state index in [9.17, 15) is 4.79 Å². The first-order valence-corrected chi connectivity index (χ1v) is 6.82. The van der Waals surface area contributed by atoms with Gasteiger partial charge < -0.3 is 0 Å². The van der Waals surface area contributed by atoms with Crippen molar-refractivity contribution in [3.63, 3.8) is 0 Å². The van der Waals surface area contributed by atoms with E-state index in [4.69, 9.17) is 11.6 Å². The summed E-state index contributed by atoms with van der Waals surface area (Å²) < 4.78 is 0. The average Bonchev–Trinajstić information content (AvgIpc) is 2.46. The van der Waals surface area contributed by atoms with Crippen molar-refractivity contribution < 1.29 is 4.79 Å². The summed E-state index contributed by atoms with van der Waals surface area (Å²) >= 11 is 6.17. The van der Waals surface area contributed by atoms with Crippen LogP contribution in [0.25, 0.3) is 21.9 Å². The Morgan fingerprint density at radius 2 is 1.50 bits per heavy atom. The second-order valence-electron chi connectivity index (χ2n) is 4.81. The van der Waals surface area contributed by atoms with Gasteiger partial charge in [0.1, 0.15) is 0 Å². The first-order valence-electron chi connectivity index (χ1n) is 6.45. The summed E-state index contributed by atoms with van der Waals surface area (Å²) in [6, 6.07) is 20.1. The fraction of sp³-hybridized carbons (Fsp3) is 0.0556. The number of fused-ring (bicyclic) bond motifs is 1. The zero-order valence-electron chi connectivity index (χ0n) is 11.1. The van der Waals surface area contributed by atoms with Gasteiger partial charge in [-0.25, -0.2) is 0 Å². The SMILES string of the molecule is CC(=O)c1ccc(-c2ccc3ccccc3c2)cc1Cl. The molecule has 3 aromatic carbocycles. The van der Waals surface area contributed by atoms with Gasteiger partial charge in [0.2, 0.25) is 0 Å². The number of carbonyl (C=O) groups excluding carboxylic acids is 1. The molecule has 0 N–H and O–H groups in total. The maximum atomic E-state index is 11.4. The summed E-state index contributed by atoms with van der Waals surface area (Å²) in [5, 5.41) is 2.91. The minimum Gasteiger partial charge on any atom is -0.294 e. The molecule has 2 heteroatoms. The van der Waals surface area contributed by atoms with Crippen molar-refractivity contribution in [2.75, 3.05) is 0 Å². The minimum atomic E-state index is -0.0138. The molecule has 0 aliphatic heterocycles. The molecule has 20 heavy (non-hydrogen) atoms. The lowest BCUT2D eigenvalue weighted by Gasteiger charge is -2.07. The van der Waals surface area contributed by atoms with Gasteiger partial charge in [-0.2, -0.15) is 0 Å². The van der Waals surface area contributed by atoms with Crippen LogP contribution in [0.15, 0.2) is 60.7 Å². The van der Waals surface area contributed by atoms with E-state index in [0.29, 0.717) is 10.6 Å². The van der Waals surface area contributed by atoms with Gasteiger partial charge in [0.15, 0.2) is 5.78 Å². The summed E-state index contributed by atoms with van der Waals surface area (Å²) in [5.41, 5.74) is 2.68. The molecule has 0 aromatic heterocycles. The molecule has 0 radical (unpaired) electrons. The van der Waals surface area contributed by atoms with Crippen LogP contribution >= 0.6 is 11.6 Å². The Hall–Kier alpha value is -2.12. The Balaban J connectivity index is 2.11. The van der Waals surface area contributed by atoms with Gasteiger partial charge in [0.05, 0.1) is 5.02 Å². The maximum absolute atomic E-state index is 11.4. The third-order valence-electron chi connectivity index (χ3n) is 3.43. The highest BCUT2D eigenvalue weighted by Crippen LogP contribution is 2.28. The first kappa shape index (κ1) is 12.9. The van der Waals surface area contributed by atoms with Crippen LogP contribution in [0.5, 0.6) is 0 Å². The number of hydrogen-bond acceptors (Lipinski definition) is 1. The fourth-order valence-corrected chi connectivity index (χ4v) is 2.66. The molecule has 0 amide bonds. The van der Waals surface area contributed by atoms with E-state index in [-0.39, 0.29) is 5.78 Å². The van der Waals surface area contributed by atoms with Gasteiger partial charge in [0.25, 0.3) is 0 Å². The molecule has 0 heterocycles. The zero-order chi connectivity index (χ0) is 14.1. The summed E-state index contributed by atoms with van der Waals surface area (Å²) in [5.74, 6) is -0.0138. The molecule has 0 saturated heterocycles. The predicted molar refractivity (Wildman–Crippen MR) is 84.4 cm³/mol. The highest BCUT2D eigenvalue weighted by atomic mass is 35.5. The molecule has 0 aliphatic rings. The lowest BCUT2D eigenvalue weighted by Crippen LogP contribution is -1.93. The van der Waals surface area contributed by atoms with Gasteiger partial charge in [-0.15, -0.1) is 0 Å². The zero-order valence-corrected chi connectivity index (χ0v) is 11.8.